The van der Waals surface area contributed by atoms with Gasteiger partial charge in [-0.1, -0.05) is 18.2 Å². The lowest BCUT2D eigenvalue weighted by molar-refractivity contribution is -0.0509. The summed E-state index contributed by atoms with van der Waals surface area (Å²) in [5, 5.41) is 0. The van der Waals surface area contributed by atoms with Gasteiger partial charge in [-0.05, 0) is 25.6 Å². The van der Waals surface area contributed by atoms with Gasteiger partial charge in [-0.25, -0.2) is 0 Å². The third kappa shape index (κ3) is 2.65. The lowest BCUT2D eigenvalue weighted by Gasteiger charge is -2.31. The highest BCUT2D eigenvalue weighted by Gasteiger charge is 2.16. The van der Waals surface area contributed by atoms with Gasteiger partial charge >= 0.3 is 6.61 Å². The number of nitrogens with zero attached hydrogens (tertiary/aromatic N) is 1. The molecule has 1 fully saturated rings. The second kappa shape index (κ2) is 4.57. The molecule has 2 rings (SSSR count). The fourth-order valence-corrected chi connectivity index (χ4v) is 1.63. The van der Waals surface area contributed by atoms with E-state index in [4.69, 9.17) is 0 Å². The molecule has 0 bridgehead atoms. The second-order valence-corrected chi connectivity index (χ2v) is 3.62. The number of alkyl halides is 2. The predicted octanol–water partition coefficient (Wildman–Crippen LogP) is 2.49. The average Bonchev–Trinajstić information content (AvgIpc) is 2.13. The van der Waals surface area contributed by atoms with Crippen molar-refractivity contribution in [2.75, 3.05) is 13.1 Å². The Kier molecular flexibility index (Phi) is 3.16. The summed E-state index contributed by atoms with van der Waals surface area (Å²) in [6.07, 6.45) is 1.19. The van der Waals surface area contributed by atoms with Gasteiger partial charge in [0.25, 0.3) is 0 Å². The van der Waals surface area contributed by atoms with Crippen molar-refractivity contribution in [3.8, 4) is 5.75 Å². The molecule has 4 heteroatoms. The summed E-state index contributed by atoms with van der Waals surface area (Å²) in [6.45, 7) is 0.0390. The minimum Gasteiger partial charge on any atom is -0.434 e. The van der Waals surface area contributed by atoms with E-state index in [2.05, 4.69) is 9.64 Å². The van der Waals surface area contributed by atoms with E-state index in [1.807, 2.05) is 12.1 Å². The Hall–Kier alpha value is -1.16. The van der Waals surface area contributed by atoms with Crippen LogP contribution in [0.3, 0.4) is 0 Å². The molecule has 0 N–H and O–H groups in total. The first-order chi connectivity index (χ1) is 7.25. The fourth-order valence-electron chi connectivity index (χ4n) is 1.63. The number of rotatable bonds is 4. The number of benzene rings is 1. The van der Waals surface area contributed by atoms with Crippen LogP contribution >= 0.6 is 0 Å². The zero-order chi connectivity index (χ0) is 10.7. The fraction of sp³-hybridized carbons (Fsp3) is 0.455. The van der Waals surface area contributed by atoms with E-state index in [0.717, 1.165) is 18.7 Å². The van der Waals surface area contributed by atoms with Crippen LogP contribution < -0.4 is 4.74 Å². The molecule has 1 aliphatic rings. The summed E-state index contributed by atoms with van der Waals surface area (Å²) in [4.78, 5) is 2.20. The molecular weight excluding hydrogens is 200 g/mol. The maximum Gasteiger partial charge on any atom is 0.387 e. The van der Waals surface area contributed by atoms with Gasteiger partial charge in [-0.2, -0.15) is 8.78 Å². The third-order valence-corrected chi connectivity index (χ3v) is 2.53. The molecule has 0 saturated carbocycles. The van der Waals surface area contributed by atoms with Crippen LogP contribution in [0.25, 0.3) is 0 Å². The Morgan fingerprint density at radius 1 is 1.27 bits per heavy atom. The first-order valence-electron chi connectivity index (χ1n) is 5.01. The van der Waals surface area contributed by atoms with Crippen LogP contribution in [-0.2, 0) is 6.54 Å². The van der Waals surface area contributed by atoms with Gasteiger partial charge < -0.3 is 4.74 Å². The van der Waals surface area contributed by atoms with Gasteiger partial charge in [-0.3, -0.25) is 4.90 Å². The van der Waals surface area contributed by atoms with E-state index in [1.54, 1.807) is 12.1 Å². The molecule has 0 aliphatic carbocycles. The SMILES string of the molecule is FC(F)Oc1ccccc1CN1CCC1. The lowest BCUT2D eigenvalue weighted by atomic mass is 10.1. The van der Waals surface area contributed by atoms with E-state index in [0.29, 0.717) is 12.3 Å². The molecule has 0 spiro atoms. The van der Waals surface area contributed by atoms with Crippen LogP contribution in [0.1, 0.15) is 12.0 Å². The van der Waals surface area contributed by atoms with Crippen LogP contribution in [0.15, 0.2) is 24.3 Å². The van der Waals surface area contributed by atoms with Gasteiger partial charge in [0.1, 0.15) is 5.75 Å². The number of para-hydroxylation sites is 1. The molecule has 1 aliphatic heterocycles. The maximum absolute atomic E-state index is 12.1. The molecule has 0 aromatic heterocycles. The average molecular weight is 213 g/mol. The Morgan fingerprint density at radius 2 is 2.00 bits per heavy atom. The van der Waals surface area contributed by atoms with E-state index >= 15 is 0 Å². The van der Waals surface area contributed by atoms with Crippen LogP contribution in [0.2, 0.25) is 0 Å². The van der Waals surface area contributed by atoms with Crippen molar-refractivity contribution in [1.29, 1.82) is 0 Å². The van der Waals surface area contributed by atoms with E-state index in [-0.39, 0.29) is 0 Å². The summed E-state index contributed by atoms with van der Waals surface area (Å²) in [7, 11) is 0. The topological polar surface area (TPSA) is 12.5 Å². The summed E-state index contributed by atoms with van der Waals surface area (Å²) < 4.78 is 28.7. The van der Waals surface area contributed by atoms with Crippen molar-refractivity contribution in [3.05, 3.63) is 29.8 Å². The quantitative estimate of drug-likeness (QED) is 0.761. The third-order valence-electron chi connectivity index (χ3n) is 2.53. The van der Waals surface area contributed by atoms with Gasteiger partial charge in [0.05, 0.1) is 0 Å². The molecule has 0 atom stereocenters. The molecular formula is C11H13F2NO. The van der Waals surface area contributed by atoms with Crippen molar-refractivity contribution in [2.24, 2.45) is 0 Å². The van der Waals surface area contributed by atoms with Gasteiger partial charge in [0.2, 0.25) is 0 Å². The Morgan fingerprint density at radius 3 is 2.60 bits per heavy atom. The molecule has 0 amide bonds. The van der Waals surface area contributed by atoms with Gasteiger partial charge in [-0.15, -0.1) is 0 Å². The number of halogens is 2. The van der Waals surface area contributed by atoms with Gasteiger partial charge in [0, 0.05) is 12.1 Å². The summed E-state index contributed by atoms with van der Waals surface area (Å²) in [5.74, 6) is 0.291. The minimum atomic E-state index is -2.75. The largest absolute Gasteiger partial charge is 0.434 e. The van der Waals surface area contributed by atoms with Crippen molar-refractivity contribution < 1.29 is 13.5 Å². The molecule has 82 valence electrons. The number of ether oxygens (including phenoxy) is 1. The number of likely N-dealkylation sites (tertiary alicyclic amines) is 1. The standard InChI is InChI=1S/C11H13F2NO/c12-11(13)15-10-5-2-1-4-9(10)8-14-6-3-7-14/h1-2,4-5,11H,3,6-8H2. The van der Waals surface area contributed by atoms with Crippen LogP contribution in [0.5, 0.6) is 5.75 Å². The van der Waals surface area contributed by atoms with Crippen LogP contribution in [0, 0.1) is 0 Å². The second-order valence-electron chi connectivity index (χ2n) is 3.62. The predicted molar refractivity (Wildman–Crippen MR) is 53.0 cm³/mol. The molecule has 0 unspecified atom stereocenters. The normalized spacial score (nSPS) is 16.5. The first-order valence-corrected chi connectivity index (χ1v) is 5.01. The van der Waals surface area contributed by atoms with E-state index < -0.39 is 6.61 Å². The zero-order valence-electron chi connectivity index (χ0n) is 8.33. The number of hydrogen-bond donors (Lipinski definition) is 0. The Bertz CT molecular complexity index is 326. The van der Waals surface area contributed by atoms with E-state index in [1.165, 1.54) is 6.42 Å². The maximum atomic E-state index is 12.1. The first kappa shape index (κ1) is 10.4. The Labute approximate surface area is 87.5 Å². The highest BCUT2D eigenvalue weighted by molar-refractivity contribution is 5.33. The number of hydrogen-bond acceptors (Lipinski definition) is 2. The molecule has 1 aromatic rings. The summed E-state index contributed by atoms with van der Waals surface area (Å²) in [6, 6.07) is 6.96. The van der Waals surface area contributed by atoms with Crippen molar-refractivity contribution in [3.63, 3.8) is 0 Å². The lowest BCUT2D eigenvalue weighted by Crippen LogP contribution is -2.36. The minimum absolute atomic E-state index is 0.291. The summed E-state index contributed by atoms with van der Waals surface area (Å²) >= 11 is 0. The van der Waals surface area contributed by atoms with E-state index in [9.17, 15) is 8.78 Å². The van der Waals surface area contributed by atoms with Crippen LogP contribution in [0.4, 0.5) is 8.78 Å². The molecule has 1 heterocycles. The van der Waals surface area contributed by atoms with Crippen molar-refractivity contribution in [1.82, 2.24) is 4.90 Å². The molecule has 2 nitrogen and oxygen atoms in total. The highest BCUT2D eigenvalue weighted by atomic mass is 19.3. The summed E-state index contributed by atoms with van der Waals surface area (Å²) in [5.41, 5.74) is 0.831. The smallest absolute Gasteiger partial charge is 0.387 e. The molecule has 1 saturated heterocycles. The Balaban J connectivity index is 2.06. The molecule has 1 aromatic carbocycles. The molecule has 0 radical (unpaired) electrons. The molecule has 15 heavy (non-hydrogen) atoms. The zero-order valence-corrected chi connectivity index (χ0v) is 8.33. The van der Waals surface area contributed by atoms with Crippen LogP contribution in [-0.4, -0.2) is 24.6 Å². The monoisotopic (exact) mass is 213 g/mol. The highest BCUT2D eigenvalue weighted by Crippen LogP contribution is 2.23. The van der Waals surface area contributed by atoms with Crippen molar-refractivity contribution in [2.45, 2.75) is 19.6 Å². The van der Waals surface area contributed by atoms with Gasteiger partial charge in [0.15, 0.2) is 0 Å². The van der Waals surface area contributed by atoms with Crippen molar-refractivity contribution >= 4 is 0 Å².